The van der Waals surface area contributed by atoms with Crippen molar-refractivity contribution in [2.24, 2.45) is 0 Å². The van der Waals surface area contributed by atoms with Gasteiger partial charge in [-0.3, -0.25) is 4.79 Å². The van der Waals surface area contributed by atoms with Crippen molar-refractivity contribution in [1.82, 2.24) is 9.21 Å². The van der Waals surface area contributed by atoms with E-state index >= 15 is 0 Å². The van der Waals surface area contributed by atoms with Crippen molar-refractivity contribution < 1.29 is 35.9 Å². The van der Waals surface area contributed by atoms with Gasteiger partial charge >= 0.3 is 6.18 Å². The van der Waals surface area contributed by atoms with Gasteiger partial charge < -0.3 is 14.4 Å². The van der Waals surface area contributed by atoms with Crippen LogP contribution in [0.5, 0.6) is 0 Å². The summed E-state index contributed by atoms with van der Waals surface area (Å²) in [5.41, 5.74) is -1.21. The Balaban J connectivity index is 1.74. The molecule has 0 atom stereocenters. The highest BCUT2D eigenvalue weighted by atomic mass is 32.2. The number of ether oxygens (including phenoxy) is 2. The molecule has 2 aliphatic rings. The highest BCUT2D eigenvalue weighted by molar-refractivity contribution is 7.89. The molecule has 0 unspecified atom stereocenters. The van der Waals surface area contributed by atoms with Crippen LogP contribution in [0.1, 0.15) is 5.56 Å². The van der Waals surface area contributed by atoms with E-state index in [0.717, 1.165) is 22.5 Å². The van der Waals surface area contributed by atoms with E-state index in [1.165, 1.54) is 17.2 Å². The predicted octanol–water partition coefficient (Wildman–Crippen LogP) is 1.43. The van der Waals surface area contributed by atoms with Crippen molar-refractivity contribution in [3.8, 4) is 0 Å². The first kappa shape index (κ1) is 19.5. The molecule has 1 aromatic carbocycles. The maximum Gasteiger partial charge on any atom is 0.417 e. The lowest BCUT2D eigenvalue weighted by Gasteiger charge is -2.34. The van der Waals surface area contributed by atoms with Gasteiger partial charge in [-0.2, -0.15) is 17.5 Å². The molecule has 0 radical (unpaired) electrons. The van der Waals surface area contributed by atoms with Crippen molar-refractivity contribution in [2.75, 3.05) is 39.4 Å². The number of amides is 1. The summed E-state index contributed by atoms with van der Waals surface area (Å²) >= 11 is 0. The lowest BCUT2D eigenvalue weighted by atomic mass is 10.2. The Morgan fingerprint density at radius 2 is 1.70 bits per heavy atom. The molecular formula is C16H17F3N2O5S. The minimum absolute atomic E-state index is 0.0278. The molecule has 0 aliphatic carbocycles. The zero-order valence-corrected chi connectivity index (χ0v) is 14.9. The zero-order chi connectivity index (χ0) is 19.7. The molecule has 0 aromatic heterocycles. The number of carbonyl (C=O) groups is 1. The number of halogens is 3. The first-order valence-electron chi connectivity index (χ1n) is 8.11. The fourth-order valence-electron chi connectivity index (χ4n) is 2.83. The zero-order valence-electron chi connectivity index (χ0n) is 14.1. The maximum atomic E-state index is 13.2. The molecule has 1 saturated heterocycles. The number of carbonyl (C=O) groups excluding carboxylic acids is 1. The molecule has 148 valence electrons. The molecule has 2 aliphatic heterocycles. The van der Waals surface area contributed by atoms with Crippen molar-refractivity contribution in [1.29, 1.82) is 0 Å². The summed E-state index contributed by atoms with van der Waals surface area (Å²) in [4.78, 5) is 12.9. The van der Waals surface area contributed by atoms with Crippen LogP contribution < -0.4 is 0 Å². The minimum Gasteiger partial charge on any atom is -0.494 e. The first-order valence-corrected chi connectivity index (χ1v) is 9.55. The summed E-state index contributed by atoms with van der Waals surface area (Å²) in [7, 11) is -4.35. The van der Waals surface area contributed by atoms with Crippen LogP contribution in [0.15, 0.2) is 41.2 Å². The van der Waals surface area contributed by atoms with E-state index < -0.39 is 32.6 Å². The summed E-state index contributed by atoms with van der Waals surface area (Å²) in [5, 5.41) is 0. The van der Waals surface area contributed by atoms with Crippen LogP contribution in [0.2, 0.25) is 0 Å². The van der Waals surface area contributed by atoms with Crippen molar-refractivity contribution in [3.63, 3.8) is 0 Å². The molecule has 1 fully saturated rings. The van der Waals surface area contributed by atoms with E-state index in [2.05, 4.69) is 0 Å². The summed E-state index contributed by atoms with van der Waals surface area (Å²) in [6.45, 7) is 0.407. The van der Waals surface area contributed by atoms with Crippen molar-refractivity contribution in [2.45, 2.75) is 11.1 Å². The number of sulfonamides is 1. The molecular weight excluding hydrogens is 389 g/mol. The Labute approximate surface area is 154 Å². The van der Waals surface area contributed by atoms with Crippen LogP contribution in [-0.4, -0.2) is 62.9 Å². The average molecular weight is 406 g/mol. The topological polar surface area (TPSA) is 76.2 Å². The second kappa shape index (κ2) is 7.39. The van der Waals surface area contributed by atoms with Crippen molar-refractivity contribution in [3.05, 3.63) is 41.9 Å². The quantitative estimate of drug-likeness (QED) is 0.759. The van der Waals surface area contributed by atoms with Gasteiger partial charge in [0.2, 0.25) is 15.8 Å². The number of piperazine rings is 1. The molecule has 0 saturated carbocycles. The van der Waals surface area contributed by atoms with Gasteiger partial charge in [-0.1, -0.05) is 12.1 Å². The summed E-state index contributed by atoms with van der Waals surface area (Å²) < 4.78 is 76.0. The average Bonchev–Trinajstić information content (AvgIpc) is 2.67. The van der Waals surface area contributed by atoms with Gasteiger partial charge in [0.25, 0.3) is 5.91 Å². The molecule has 1 amide bonds. The molecule has 0 N–H and O–H groups in total. The van der Waals surface area contributed by atoms with Gasteiger partial charge in [-0.15, -0.1) is 0 Å². The molecule has 0 bridgehead atoms. The molecule has 2 heterocycles. The van der Waals surface area contributed by atoms with Crippen LogP contribution in [0.25, 0.3) is 0 Å². The largest absolute Gasteiger partial charge is 0.494 e. The number of hydrogen-bond donors (Lipinski definition) is 0. The summed E-state index contributed by atoms with van der Waals surface area (Å²) in [6.07, 6.45) is -3.58. The smallest absolute Gasteiger partial charge is 0.417 e. The maximum absolute atomic E-state index is 13.2. The second-order valence-electron chi connectivity index (χ2n) is 5.89. The summed E-state index contributed by atoms with van der Waals surface area (Å²) in [6, 6.07) is 4.06. The van der Waals surface area contributed by atoms with Gasteiger partial charge in [-0.05, 0) is 12.1 Å². The third-order valence-corrected chi connectivity index (χ3v) is 6.15. The number of hydrogen-bond acceptors (Lipinski definition) is 5. The minimum atomic E-state index is -4.79. The van der Waals surface area contributed by atoms with E-state index in [9.17, 15) is 26.4 Å². The van der Waals surface area contributed by atoms with Gasteiger partial charge in [0.15, 0.2) is 0 Å². The SMILES string of the molecule is O=C(C1=COCCO1)N1CCN(S(=O)(=O)c2ccccc2C(F)(F)F)CC1. The monoisotopic (exact) mass is 406 g/mol. The Kier molecular flexibility index (Phi) is 5.33. The van der Waals surface area contributed by atoms with Gasteiger partial charge in [-0.25, -0.2) is 8.42 Å². The van der Waals surface area contributed by atoms with Gasteiger partial charge in [0.1, 0.15) is 19.5 Å². The molecule has 11 heteroatoms. The number of alkyl halides is 3. The van der Waals surface area contributed by atoms with Crippen LogP contribution in [0.3, 0.4) is 0 Å². The Morgan fingerprint density at radius 3 is 2.30 bits per heavy atom. The number of nitrogens with zero attached hydrogens (tertiary/aromatic N) is 2. The Bertz CT molecular complexity index is 846. The van der Waals surface area contributed by atoms with E-state index in [0.29, 0.717) is 6.61 Å². The highest BCUT2D eigenvalue weighted by Crippen LogP contribution is 2.35. The lowest BCUT2D eigenvalue weighted by molar-refractivity contribution is -0.139. The lowest BCUT2D eigenvalue weighted by Crippen LogP contribution is -2.51. The normalized spacial score (nSPS) is 19.1. The highest BCUT2D eigenvalue weighted by Gasteiger charge is 2.40. The van der Waals surface area contributed by atoms with E-state index in [1.807, 2.05) is 0 Å². The first-order chi connectivity index (χ1) is 12.7. The third-order valence-electron chi connectivity index (χ3n) is 4.20. The molecule has 0 spiro atoms. The van der Waals surface area contributed by atoms with E-state index in [-0.39, 0.29) is 38.5 Å². The molecule has 27 heavy (non-hydrogen) atoms. The van der Waals surface area contributed by atoms with Crippen LogP contribution in [0.4, 0.5) is 13.2 Å². The second-order valence-corrected chi connectivity index (χ2v) is 7.80. The molecule has 1 aromatic rings. The summed E-state index contributed by atoms with van der Waals surface area (Å²) in [5.74, 6) is -0.414. The third kappa shape index (κ3) is 4.03. The van der Waals surface area contributed by atoms with Crippen molar-refractivity contribution >= 4 is 15.9 Å². The van der Waals surface area contributed by atoms with E-state index in [4.69, 9.17) is 9.47 Å². The number of rotatable bonds is 3. The van der Waals surface area contributed by atoms with E-state index in [1.54, 1.807) is 0 Å². The fraction of sp³-hybridized carbons (Fsp3) is 0.438. The standard InChI is InChI=1S/C16H17F3N2O5S/c17-16(18,19)12-3-1-2-4-14(12)27(23,24)21-7-5-20(6-8-21)15(22)13-11-25-9-10-26-13/h1-4,11H,5-10H2. The predicted molar refractivity (Wildman–Crippen MR) is 86.8 cm³/mol. The Hall–Kier alpha value is -2.27. The van der Waals surface area contributed by atoms with Crippen LogP contribution in [0, 0.1) is 0 Å². The number of benzene rings is 1. The Morgan fingerprint density at radius 1 is 1.04 bits per heavy atom. The molecule has 7 nitrogen and oxygen atoms in total. The van der Waals surface area contributed by atoms with Crippen LogP contribution >= 0.6 is 0 Å². The molecule has 3 rings (SSSR count). The van der Waals surface area contributed by atoms with Gasteiger partial charge in [0.05, 0.1) is 10.5 Å². The van der Waals surface area contributed by atoms with Gasteiger partial charge in [0, 0.05) is 26.2 Å². The van der Waals surface area contributed by atoms with Crippen LogP contribution in [-0.2, 0) is 30.5 Å². The fourth-order valence-corrected chi connectivity index (χ4v) is 4.47.